The van der Waals surface area contributed by atoms with Gasteiger partial charge in [0.15, 0.2) is 0 Å². The minimum absolute atomic E-state index is 0.124. The summed E-state index contributed by atoms with van der Waals surface area (Å²) in [4.78, 5) is 13.9. The number of carbonyl (C=O) groups excluding carboxylic acids is 1. The number of hydrogen-bond donors (Lipinski definition) is 2. The average molecular weight is 302 g/mol. The number of rotatable bonds is 6. The molecule has 0 saturated carbocycles. The van der Waals surface area contributed by atoms with Gasteiger partial charge in [0.2, 0.25) is 0 Å². The molecule has 1 aromatic rings. The molecule has 1 aromatic carbocycles. The molecule has 0 aliphatic rings. The molecule has 0 heterocycles. The molecule has 1 amide bonds. The molecule has 0 bridgehead atoms. The van der Waals surface area contributed by atoms with Crippen LogP contribution in [0.25, 0.3) is 0 Å². The Kier molecular flexibility index (Phi) is 6.26. The lowest BCUT2D eigenvalue weighted by Crippen LogP contribution is -2.40. The van der Waals surface area contributed by atoms with Crippen LogP contribution in [0.1, 0.15) is 24.2 Å². The standard InChI is InChI=1S/C14H20ClNO4/c1-9(17)7-16(8-10(2)18)14(19)12-6-11(15)4-5-13(12)20-3/h4-6,9-10,17-18H,7-8H2,1-3H3/t9-,10-/m0/s1. The van der Waals surface area contributed by atoms with Crippen LogP contribution in [0.5, 0.6) is 5.75 Å². The third kappa shape index (κ3) is 4.67. The molecule has 6 heteroatoms. The van der Waals surface area contributed by atoms with Crippen LogP contribution in [0.4, 0.5) is 0 Å². The van der Waals surface area contributed by atoms with Gasteiger partial charge in [0.05, 0.1) is 24.9 Å². The molecule has 5 nitrogen and oxygen atoms in total. The van der Waals surface area contributed by atoms with E-state index < -0.39 is 12.2 Å². The Hall–Kier alpha value is -1.30. The molecule has 0 saturated heterocycles. The molecule has 0 aliphatic heterocycles. The molecule has 112 valence electrons. The molecule has 0 spiro atoms. The second-order valence-corrected chi connectivity index (χ2v) is 5.19. The Labute approximate surface area is 123 Å². The number of benzene rings is 1. The van der Waals surface area contributed by atoms with Crippen molar-refractivity contribution in [1.82, 2.24) is 4.90 Å². The van der Waals surface area contributed by atoms with E-state index in [2.05, 4.69) is 0 Å². The first kappa shape index (κ1) is 16.8. The van der Waals surface area contributed by atoms with Gasteiger partial charge < -0.3 is 19.8 Å². The maximum Gasteiger partial charge on any atom is 0.257 e. The van der Waals surface area contributed by atoms with E-state index in [-0.39, 0.29) is 19.0 Å². The molecule has 2 N–H and O–H groups in total. The Morgan fingerprint density at radius 1 is 1.30 bits per heavy atom. The van der Waals surface area contributed by atoms with E-state index in [1.54, 1.807) is 26.0 Å². The number of amides is 1. The highest BCUT2D eigenvalue weighted by atomic mass is 35.5. The first-order valence-electron chi connectivity index (χ1n) is 6.34. The first-order valence-corrected chi connectivity index (χ1v) is 6.72. The molecule has 2 atom stereocenters. The first-order chi connectivity index (χ1) is 9.35. The molecule has 0 aromatic heterocycles. The van der Waals surface area contributed by atoms with Gasteiger partial charge in [-0.15, -0.1) is 0 Å². The number of nitrogens with zero attached hydrogens (tertiary/aromatic N) is 1. The fourth-order valence-electron chi connectivity index (χ4n) is 1.90. The molecule has 20 heavy (non-hydrogen) atoms. The van der Waals surface area contributed by atoms with Crippen molar-refractivity contribution in [3.05, 3.63) is 28.8 Å². The highest BCUT2D eigenvalue weighted by Gasteiger charge is 2.22. The predicted molar refractivity (Wildman–Crippen MR) is 77.3 cm³/mol. The summed E-state index contributed by atoms with van der Waals surface area (Å²) in [5, 5.41) is 19.4. The van der Waals surface area contributed by atoms with Gasteiger partial charge in [0.1, 0.15) is 5.75 Å². The van der Waals surface area contributed by atoms with Crippen LogP contribution in [-0.4, -0.2) is 53.4 Å². The molecule has 0 aliphatic carbocycles. The van der Waals surface area contributed by atoms with Crippen molar-refractivity contribution in [1.29, 1.82) is 0 Å². The summed E-state index contributed by atoms with van der Waals surface area (Å²) >= 11 is 5.91. The molecule has 0 fully saturated rings. The highest BCUT2D eigenvalue weighted by molar-refractivity contribution is 6.31. The molecule has 0 radical (unpaired) electrons. The number of ether oxygens (including phenoxy) is 1. The number of aliphatic hydroxyl groups excluding tert-OH is 2. The maximum absolute atomic E-state index is 12.5. The minimum Gasteiger partial charge on any atom is -0.496 e. The number of aliphatic hydroxyl groups is 2. The molecule has 1 rings (SSSR count). The van der Waals surface area contributed by atoms with Crippen LogP contribution in [0.3, 0.4) is 0 Å². The lowest BCUT2D eigenvalue weighted by molar-refractivity contribution is 0.0515. The average Bonchev–Trinajstić information content (AvgIpc) is 2.36. The Morgan fingerprint density at radius 3 is 2.30 bits per heavy atom. The van der Waals surface area contributed by atoms with Gasteiger partial charge in [0.25, 0.3) is 5.91 Å². The van der Waals surface area contributed by atoms with Gasteiger partial charge in [-0.25, -0.2) is 0 Å². The quantitative estimate of drug-likeness (QED) is 0.836. The van der Waals surface area contributed by atoms with E-state index in [9.17, 15) is 15.0 Å². The van der Waals surface area contributed by atoms with Crippen molar-refractivity contribution in [2.45, 2.75) is 26.1 Å². The lowest BCUT2D eigenvalue weighted by Gasteiger charge is -2.26. The van der Waals surface area contributed by atoms with Gasteiger partial charge in [-0.3, -0.25) is 4.79 Å². The number of halogens is 1. The third-order valence-electron chi connectivity index (χ3n) is 2.65. The normalized spacial score (nSPS) is 13.7. The van der Waals surface area contributed by atoms with E-state index in [1.807, 2.05) is 0 Å². The summed E-state index contributed by atoms with van der Waals surface area (Å²) in [6.45, 7) is 3.41. The monoisotopic (exact) mass is 301 g/mol. The van der Waals surface area contributed by atoms with Crippen molar-refractivity contribution < 1.29 is 19.7 Å². The van der Waals surface area contributed by atoms with Gasteiger partial charge in [-0.2, -0.15) is 0 Å². The van der Waals surface area contributed by atoms with Crippen LogP contribution in [0.2, 0.25) is 5.02 Å². The van der Waals surface area contributed by atoms with Crippen molar-refractivity contribution in [2.24, 2.45) is 0 Å². The van der Waals surface area contributed by atoms with Crippen LogP contribution < -0.4 is 4.74 Å². The summed E-state index contributed by atoms with van der Waals surface area (Å²) in [6.07, 6.45) is -1.38. The number of hydrogen-bond acceptors (Lipinski definition) is 4. The van der Waals surface area contributed by atoms with Gasteiger partial charge >= 0.3 is 0 Å². The fraction of sp³-hybridized carbons (Fsp3) is 0.500. The SMILES string of the molecule is COc1ccc(Cl)cc1C(=O)N(C[C@H](C)O)C[C@H](C)O. The van der Waals surface area contributed by atoms with Crippen LogP contribution in [0, 0.1) is 0 Å². The van der Waals surface area contributed by atoms with Crippen molar-refractivity contribution >= 4 is 17.5 Å². The molecular weight excluding hydrogens is 282 g/mol. The topological polar surface area (TPSA) is 70.0 Å². The summed E-state index contributed by atoms with van der Waals surface area (Å²) in [5.41, 5.74) is 0.307. The summed E-state index contributed by atoms with van der Waals surface area (Å²) < 4.78 is 5.15. The zero-order chi connectivity index (χ0) is 15.3. The van der Waals surface area contributed by atoms with Crippen molar-refractivity contribution in [3.8, 4) is 5.75 Å². The van der Waals surface area contributed by atoms with Crippen molar-refractivity contribution in [3.63, 3.8) is 0 Å². The summed E-state index contributed by atoms with van der Waals surface area (Å²) in [6, 6.07) is 4.75. The Balaban J connectivity index is 3.07. The van der Waals surface area contributed by atoms with E-state index in [0.717, 1.165) is 0 Å². The fourth-order valence-corrected chi connectivity index (χ4v) is 2.07. The van der Waals surface area contributed by atoms with Gasteiger partial charge in [-0.05, 0) is 32.0 Å². The maximum atomic E-state index is 12.5. The molecule has 0 unspecified atom stereocenters. The van der Waals surface area contributed by atoms with Crippen LogP contribution >= 0.6 is 11.6 Å². The highest BCUT2D eigenvalue weighted by Crippen LogP contribution is 2.24. The van der Waals surface area contributed by atoms with Crippen LogP contribution in [0.15, 0.2) is 18.2 Å². The summed E-state index contributed by atoms with van der Waals surface area (Å²) in [5.74, 6) is 0.0618. The second-order valence-electron chi connectivity index (χ2n) is 4.75. The summed E-state index contributed by atoms with van der Waals surface area (Å²) in [7, 11) is 1.47. The van der Waals surface area contributed by atoms with E-state index >= 15 is 0 Å². The zero-order valence-corrected chi connectivity index (χ0v) is 12.6. The van der Waals surface area contributed by atoms with E-state index in [1.165, 1.54) is 18.1 Å². The number of methoxy groups -OCH3 is 1. The predicted octanol–water partition coefficient (Wildman–Crippen LogP) is 1.55. The van der Waals surface area contributed by atoms with E-state index in [4.69, 9.17) is 16.3 Å². The largest absolute Gasteiger partial charge is 0.496 e. The smallest absolute Gasteiger partial charge is 0.257 e. The molecular formula is C14H20ClNO4. The zero-order valence-electron chi connectivity index (χ0n) is 11.8. The van der Waals surface area contributed by atoms with E-state index in [0.29, 0.717) is 16.3 Å². The Morgan fingerprint density at radius 2 is 1.85 bits per heavy atom. The van der Waals surface area contributed by atoms with Gasteiger partial charge in [-0.1, -0.05) is 11.6 Å². The lowest BCUT2D eigenvalue weighted by atomic mass is 10.1. The van der Waals surface area contributed by atoms with Crippen LogP contribution in [-0.2, 0) is 0 Å². The van der Waals surface area contributed by atoms with Crippen molar-refractivity contribution in [2.75, 3.05) is 20.2 Å². The second kappa shape index (κ2) is 7.47. The Bertz CT molecular complexity index is 452. The number of carbonyl (C=O) groups is 1. The minimum atomic E-state index is -0.692. The third-order valence-corrected chi connectivity index (χ3v) is 2.88. The van der Waals surface area contributed by atoms with Gasteiger partial charge in [0, 0.05) is 18.1 Å².